The fraction of sp³-hybridized carbons (Fsp3) is 0.0588. The topological polar surface area (TPSA) is 77.5 Å². The van der Waals surface area contributed by atoms with E-state index in [0.717, 1.165) is 0 Å². The minimum absolute atomic E-state index is 0.123. The van der Waals surface area contributed by atoms with Crippen molar-refractivity contribution in [1.29, 1.82) is 0 Å². The van der Waals surface area contributed by atoms with Gasteiger partial charge in [0.1, 0.15) is 6.29 Å². The number of aldehydes is 2. The summed E-state index contributed by atoms with van der Waals surface area (Å²) >= 11 is 0. The number of hydrogen-bond donors (Lipinski definition) is 0. The van der Waals surface area contributed by atoms with Gasteiger partial charge in [0, 0.05) is 11.1 Å². The Hall–Kier alpha value is -3.08. The van der Waals surface area contributed by atoms with Crippen LogP contribution < -0.4 is 0 Å². The quantitative estimate of drug-likeness (QED) is 0.366. The number of carbonyl (C=O) groups excluding carboxylic acids is 4. The van der Waals surface area contributed by atoms with Gasteiger partial charge in [-0.1, -0.05) is 12.1 Å². The van der Waals surface area contributed by atoms with Crippen molar-refractivity contribution in [2.24, 2.45) is 0 Å². The van der Waals surface area contributed by atoms with Crippen LogP contribution in [-0.4, -0.2) is 31.4 Å². The van der Waals surface area contributed by atoms with E-state index in [0.29, 0.717) is 23.0 Å². The summed E-state index contributed by atoms with van der Waals surface area (Å²) in [6.07, 6.45) is 0.786. The Balaban J connectivity index is 2.56. The molecule has 5 nitrogen and oxygen atoms in total. The molecule has 0 amide bonds. The number of carbonyl (C=O) groups is 4. The third-order valence-electron chi connectivity index (χ3n) is 3.10. The molecule has 0 atom stereocenters. The van der Waals surface area contributed by atoms with Crippen LogP contribution in [0.25, 0.3) is 11.1 Å². The highest BCUT2D eigenvalue weighted by Crippen LogP contribution is 2.23. The van der Waals surface area contributed by atoms with Crippen LogP contribution >= 0.6 is 0 Å². The van der Waals surface area contributed by atoms with E-state index in [-0.39, 0.29) is 17.4 Å². The summed E-state index contributed by atoms with van der Waals surface area (Å²) in [6, 6.07) is 11.0. The first-order chi connectivity index (χ1) is 10.6. The van der Waals surface area contributed by atoms with E-state index in [1.807, 2.05) is 0 Å². The van der Waals surface area contributed by atoms with Gasteiger partial charge in [0.2, 0.25) is 5.78 Å². The number of esters is 1. The molecule has 0 spiro atoms. The fourth-order valence-electron chi connectivity index (χ4n) is 2.04. The number of benzene rings is 2. The van der Waals surface area contributed by atoms with Crippen molar-refractivity contribution >= 4 is 24.3 Å². The van der Waals surface area contributed by atoms with Gasteiger partial charge in [-0.05, 0) is 41.5 Å². The van der Waals surface area contributed by atoms with E-state index < -0.39 is 11.8 Å². The van der Waals surface area contributed by atoms with Crippen molar-refractivity contribution in [2.75, 3.05) is 7.11 Å². The van der Waals surface area contributed by atoms with Crippen molar-refractivity contribution in [1.82, 2.24) is 0 Å². The zero-order chi connectivity index (χ0) is 16.1. The predicted octanol–water partition coefficient (Wildman–Crippen LogP) is 2.33. The third kappa shape index (κ3) is 3.15. The monoisotopic (exact) mass is 296 g/mol. The summed E-state index contributed by atoms with van der Waals surface area (Å²) in [5, 5.41) is 0. The van der Waals surface area contributed by atoms with Crippen LogP contribution in [0.5, 0.6) is 0 Å². The molecule has 0 N–H and O–H groups in total. The van der Waals surface area contributed by atoms with Gasteiger partial charge in [-0.15, -0.1) is 0 Å². The van der Waals surface area contributed by atoms with Gasteiger partial charge in [0.15, 0.2) is 6.29 Å². The van der Waals surface area contributed by atoms with E-state index >= 15 is 0 Å². The average molecular weight is 296 g/mol. The first-order valence-electron chi connectivity index (χ1n) is 6.37. The van der Waals surface area contributed by atoms with Crippen LogP contribution in [0.4, 0.5) is 0 Å². The zero-order valence-electron chi connectivity index (χ0n) is 11.7. The normalized spacial score (nSPS) is 9.86. The van der Waals surface area contributed by atoms with Crippen LogP contribution in [0.1, 0.15) is 31.1 Å². The smallest absolute Gasteiger partial charge is 0.337 e. The minimum Gasteiger partial charge on any atom is -0.465 e. The van der Waals surface area contributed by atoms with Crippen molar-refractivity contribution in [2.45, 2.75) is 0 Å². The molecular weight excluding hydrogens is 284 g/mol. The van der Waals surface area contributed by atoms with E-state index in [9.17, 15) is 19.2 Å². The van der Waals surface area contributed by atoms with Gasteiger partial charge in [0.25, 0.3) is 0 Å². The Kier molecular flexibility index (Phi) is 4.58. The Labute approximate surface area is 126 Å². The Morgan fingerprint density at radius 1 is 0.955 bits per heavy atom. The van der Waals surface area contributed by atoms with Crippen LogP contribution in [0.2, 0.25) is 0 Å². The Bertz CT molecular complexity index is 761. The van der Waals surface area contributed by atoms with Gasteiger partial charge < -0.3 is 4.74 Å². The van der Waals surface area contributed by atoms with Crippen molar-refractivity contribution in [3.8, 4) is 11.1 Å². The first kappa shape index (κ1) is 15.3. The van der Waals surface area contributed by atoms with Crippen LogP contribution in [0.15, 0.2) is 42.5 Å². The van der Waals surface area contributed by atoms with Crippen molar-refractivity contribution < 1.29 is 23.9 Å². The Morgan fingerprint density at radius 3 is 2.32 bits per heavy atom. The van der Waals surface area contributed by atoms with Crippen LogP contribution in [-0.2, 0) is 9.53 Å². The maximum atomic E-state index is 11.6. The van der Waals surface area contributed by atoms with Crippen LogP contribution in [0, 0.1) is 0 Å². The summed E-state index contributed by atoms with van der Waals surface area (Å²) in [5.74, 6) is -1.20. The number of ether oxygens (including phenoxy) is 1. The lowest BCUT2D eigenvalue weighted by Gasteiger charge is -2.07. The molecule has 0 fully saturated rings. The summed E-state index contributed by atoms with van der Waals surface area (Å²) in [7, 11) is 1.28. The molecule has 0 saturated heterocycles. The molecule has 2 aromatic carbocycles. The molecule has 22 heavy (non-hydrogen) atoms. The molecule has 5 heteroatoms. The highest BCUT2D eigenvalue weighted by Gasteiger charge is 2.11. The maximum absolute atomic E-state index is 11.6. The highest BCUT2D eigenvalue weighted by atomic mass is 16.5. The fourth-order valence-corrected chi connectivity index (χ4v) is 2.04. The number of hydrogen-bond acceptors (Lipinski definition) is 5. The molecule has 0 aliphatic carbocycles. The molecular formula is C17H12O5. The standard InChI is InChI=1S/C17H12O5/c1-22-17(21)13-4-2-3-12(7-13)14-5-11(9-18)6-15(8-14)16(20)10-19/h2-10H,1H3. The number of ketones is 1. The van der Waals surface area contributed by atoms with E-state index in [4.69, 9.17) is 0 Å². The molecule has 0 aliphatic heterocycles. The largest absolute Gasteiger partial charge is 0.465 e. The SMILES string of the molecule is COC(=O)c1cccc(-c2cc(C=O)cc(C(=O)C=O)c2)c1. The lowest BCUT2D eigenvalue weighted by atomic mass is 9.97. The molecule has 0 aliphatic rings. The maximum Gasteiger partial charge on any atom is 0.337 e. The van der Waals surface area contributed by atoms with E-state index in [1.54, 1.807) is 30.3 Å². The zero-order valence-corrected chi connectivity index (χ0v) is 11.7. The minimum atomic E-state index is -0.714. The van der Waals surface area contributed by atoms with Crippen molar-refractivity contribution in [3.05, 3.63) is 59.2 Å². The molecule has 2 aromatic rings. The molecule has 0 heterocycles. The van der Waals surface area contributed by atoms with Crippen molar-refractivity contribution in [3.63, 3.8) is 0 Å². The highest BCUT2D eigenvalue weighted by molar-refractivity contribution is 6.33. The second-order valence-electron chi connectivity index (χ2n) is 4.52. The van der Waals surface area contributed by atoms with Crippen LogP contribution in [0.3, 0.4) is 0 Å². The molecule has 2 rings (SSSR count). The van der Waals surface area contributed by atoms with E-state index in [1.165, 1.54) is 19.2 Å². The average Bonchev–Trinajstić information content (AvgIpc) is 2.59. The molecule has 0 unspecified atom stereocenters. The first-order valence-corrected chi connectivity index (χ1v) is 6.37. The number of rotatable bonds is 5. The molecule has 0 aromatic heterocycles. The van der Waals surface area contributed by atoms with Gasteiger partial charge in [-0.2, -0.15) is 0 Å². The Morgan fingerprint density at radius 2 is 1.68 bits per heavy atom. The molecule has 0 saturated carbocycles. The molecule has 110 valence electrons. The number of methoxy groups -OCH3 is 1. The predicted molar refractivity (Wildman–Crippen MR) is 79.0 cm³/mol. The molecule has 0 radical (unpaired) electrons. The van der Waals surface area contributed by atoms with Gasteiger partial charge in [-0.3, -0.25) is 14.4 Å². The van der Waals surface area contributed by atoms with E-state index in [2.05, 4.69) is 4.74 Å². The van der Waals surface area contributed by atoms with Gasteiger partial charge in [-0.25, -0.2) is 4.79 Å². The third-order valence-corrected chi connectivity index (χ3v) is 3.10. The lowest BCUT2D eigenvalue weighted by Crippen LogP contribution is -2.02. The number of Topliss-reactive ketones (excluding diaryl/α,β-unsaturated/α-hetero) is 1. The second-order valence-corrected chi connectivity index (χ2v) is 4.52. The second kappa shape index (κ2) is 6.58. The lowest BCUT2D eigenvalue weighted by molar-refractivity contribution is -0.104. The summed E-state index contributed by atoms with van der Waals surface area (Å²) < 4.78 is 4.66. The van der Waals surface area contributed by atoms with Gasteiger partial charge in [0.05, 0.1) is 12.7 Å². The summed E-state index contributed by atoms with van der Waals surface area (Å²) in [5.41, 5.74) is 1.93. The summed E-state index contributed by atoms with van der Waals surface area (Å²) in [6.45, 7) is 0. The molecule has 0 bridgehead atoms. The van der Waals surface area contributed by atoms with Gasteiger partial charge >= 0.3 is 5.97 Å². The summed E-state index contributed by atoms with van der Waals surface area (Å²) in [4.78, 5) is 44.7.